The molecule has 150 valence electrons. The molecule has 3 aromatic rings. The molecule has 0 spiro atoms. The summed E-state index contributed by atoms with van der Waals surface area (Å²) in [5.74, 6) is -0.00654. The van der Waals surface area contributed by atoms with Crippen molar-refractivity contribution < 1.29 is 13.9 Å². The zero-order chi connectivity index (χ0) is 21.3. The van der Waals surface area contributed by atoms with Gasteiger partial charge in [-0.3, -0.25) is 4.79 Å². The number of nitrogens with zero attached hydrogens (tertiary/aromatic N) is 4. The number of hydrogen-bond donors (Lipinski definition) is 2. The zero-order valence-corrected chi connectivity index (χ0v) is 16.0. The second-order valence-corrected chi connectivity index (χ2v) is 6.68. The summed E-state index contributed by atoms with van der Waals surface area (Å²) in [6.45, 7) is 1.01. The number of amides is 1. The number of carbonyl (C=O) groups excluding carboxylic acids is 1. The number of hydrogen-bond acceptors (Lipinski definition) is 7. The maximum absolute atomic E-state index is 13.9. The first kappa shape index (κ1) is 19.1. The van der Waals surface area contributed by atoms with Gasteiger partial charge >= 0.3 is 0 Å². The highest BCUT2D eigenvalue weighted by atomic mass is 19.1. The number of carbonyl (C=O) groups is 1. The molecule has 2 heterocycles. The Morgan fingerprint density at radius 2 is 2.17 bits per heavy atom. The van der Waals surface area contributed by atoms with Gasteiger partial charge in [0.05, 0.1) is 12.7 Å². The zero-order valence-electron chi connectivity index (χ0n) is 16.0. The van der Waals surface area contributed by atoms with E-state index in [1.807, 2.05) is 23.1 Å². The minimum Gasteiger partial charge on any atom is -0.496 e. The third-order valence-electron chi connectivity index (χ3n) is 4.84. The lowest BCUT2D eigenvalue weighted by Gasteiger charge is -2.20. The number of aromatic nitrogens is 2. The highest BCUT2D eigenvalue weighted by molar-refractivity contribution is 5.97. The normalized spacial score (nSPS) is 12.2. The van der Waals surface area contributed by atoms with Crippen LogP contribution in [0, 0.1) is 17.1 Å². The quantitative estimate of drug-likeness (QED) is 0.671. The van der Waals surface area contributed by atoms with Crippen molar-refractivity contribution >= 4 is 23.4 Å². The third kappa shape index (κ3) is 3.46. The highest BCUT2D eigenvalue weighted by Crippen LogP contribution is 2.34. The molecule has 2 aromatic carbocycles. The molecule has 1 aliphatic rings. The lowest BCUT2D eigenvalue weighted by molar-refractivity contribution is 0.1000. The Morgan fingerprint density at radius 1 is 1.33 bits per heavy atom. The summed E-state index contributed by atoms with van der Waals surface area (Å²) in [5.41, 5.74) is 8.09. The van der Waals surface area contributed by atoms with Crippen LogP contribution in [0.2, 0.25) is 0 Å². The van der Waals surface area contributed by atoms with Gasteiger partial charge in [0.1, 0.15) is 29.0 Å². The molecule has 0 radical (unpaired) electrons. The number of methoxy groups -OCH3 is 1. The summed E-state index contributed by atoms with van der Waals surface area (Å²) in [7, 11) is 1.61. The summed E-state index contributed by atoms with van der Waals surface area (Å²) in [5, 5.41) is 11.8. The van der Waals surface area contributed by atoms with Crippen LogP contribution in [0.1, 0.15) is 27.0 Å². The second kappa shape index (κ2) is 7.67. The number of ether oxygens (including phenoxy) is 1. The number of nitrogens with two attached hydrogens (primary N) is 1. The Labute approximate surface area is 171 Å². The Balaban J connectivity index is 1.67. The standard InChI is InChI=1S/C21H17FN6O2/c1-30-18-4-2-3-13-10-28(11-16(13)18)20-15(19(24)29)9-25-21(27-20)26-14-6-5-12(8-23)17(22)7-14/h2-7,9H,10-11H2,1H3,(H2,24,29)(H,25,26,27). The maximum Gasteiger partial charge on any atom is 0.254 e. The first-order valence-corrected chi connectivity index (χ1v) is 9.03. The number of benzene rings is 2. The Kier molecular flexibility index (Phi) is 4.90. The van der Waals surface area contributed by atoms with Crippen LogP contribution in [0.15, 0.2) is 42.6 Å². The van der Waals surface area contributed by atoms with Crippen molar-refractivity contribution in [2.45, 2.75) is 13.1 Å². The Bertz CT molecular complexity index is 1190. The van der Waals surface area contributed by atoms with Gasteiger partial charge in [0, 0.05) is 30.5 Å². The van der Waals surface area contributed by atoms with E-state index in [0.29, 0.717) is 24.6 Å². The van der Waals surface area contributed by atoms with Crippen LogP contribution >= 0.6 is 0 Å². The van der Waals surface area contributed by atoms with Gasteiger partial charge in [-0.1, -0.05) is 12.1 Å². The van der Waals surface area contributed by atoms with E-state index in [4.69, 9.17) is 15.7 Å². The van der Waals surface area contributed by atoms with Crippen molar-refractivity contribution in [1.29, 1.82) is 5.26 Å². The summed E-state index contributed by atoms with van der Waals surface area (Å²) < 4.78 is 19.3. The molecule has 1 amide bonds. The molecular formula is C21H17FN6O2. The van der Waals surface area contributed by atoms with Crippen LogP contribution in [0.4, 0.5) is 21.8 Å². The van der Waals surface area contributed by atoms with Gasteiger partial charge in [0.25, 0.3) is 5.91 Å². The number of primary amides is 1. The van der Waals surface area contributed by atoms with Crippen LogP contribution in [0.25, 0.3) is 0 Å². The Morgan fingerprint density at radius 3 is 2.87 bits per heavy atom. The van der Waals surface area contributed by atoms with Crippen LogP contribution in [0.5, 0.6) is 5.75 Å². The molecular weight excluding hydrogens is 387 g/mol. The van der Waals surface area contributed by atoms with E-state index in [9.17, 15) is 9.18 Å². The average molecular weight is 404 g/mol. The van der Waals surface area contributed by atoms with Gasteiger partial charge in [-0.2, -0.15) is 10.2 Å². The fraction of sp³-hybridized carbons (Fsp3) is 0.143. The molecule has 0 aliphatic carbocycles. The van der Waals surface area contributed by atoms with E-state index < -0.39 is 11.7 Å². The number of halogens is 1. The van der Waals surface area contributed by atoms with E-state index in [2.05, 4.69) is 15.3 Å². The van der Waals surface area contributed by atoms with Crippen LogP contribution in [-0.4, -0.2) is 23.0 Å². The molecule has 1 aromatic heterocycles. The molecule has 3 N–H and O–H groups in total. The van der Waals surface area contributed by atoms with E-state index in [-0.39, 0.29) is 17.1 Å². The topological polar surface area (TPSA) is 117 Å². The van der Waals surface area contributed by atoms with Crippen molar-refractivity contribution in [3.05, 3.63) is 70.7 Å². The predicted molar refractivity (Wildman–Crippen MR) is 108 cm³/mol. The van der Waals surface area contributed by atoms with E-state index >= 15 is 0 Å². The smallest absolute Gasteiger partial charge is 0.254 e. The molecule has 0 saturated carbocycles. The molecule has 0 fully saturated rings. The van der Waals surface area contributed by atoms with E-state index in [1.165, 1.54) is 18.3 Å². The minimum absolute atomic E-state index is 0.0602. The molecule has 1 aliphatic heterocycles. The van der Waals surface area contributed by atoms with Crippen LogP contribution in [0.3, 0.4) is 0 Å². The lowest BCUT2D eigenvalue weighted by Crippen LogP contribution is -2.23. The van der Waals surface area contributed by atoms with Gasteiger partial charge in [-0.25, -0.2) is 9.37 Å². The molecule has 0 unspecified atom stereocenters. The molecule has 4 rings (SSSR count). The fourth-order valence-corrected chi connectivity index (χ4v) is 3.39. The first-order valence-electron chi connectivity index (χ1n) is 9.03. The molecule has 9 heteroatoms. The SMILES string of the molecule is COc1cccc2c1CN(c1nc(Nc3ccc(C#N)c(F)c3)ncc1C(N)=O)C2. The van der Waals surface area contributed by atoms with Gasteiger partial charge < -0.3 is 20.7 Å². The highest BCUT2D eigenvalue weighted by Gasteiger charge is 2.27. The average Bonchev–Trinajstić information content (AvgIpc) is 3.18. The molecule has 30 heavy (non-hydrogen) atoms. The summed E-state index contributed by atoms with van der Waals surface area (Å²) in [6.07, 6.45) is 1.34. The summed E-state index contributed by atoms with van der Waals surface area (Å²) in [6, 6.07) is 11.6. The van der Waals surface area contributed by atoms with Crippen molar-refractivity contribution in [2.75, 3.05) is 17.3 Å². The number of rotatable bonds is 5. The summed E-state index contributed by atoms with van der Waals surface area (Å²) >= 11 is 0. The molecule has 0 atom stereocenters. The van der Waals surface area contributed by atoms with Crippen molar-refractivity contribution in [3.8, 4) is 11.8 Å². The van der Waals surface area contributed by atoms with Crippen molar-refractivity contribution in [1.82, 2.24) is 9.97 Å². The maximum atomic E-state index is 13.9. The number of fused-ring (bicyclic) bond motifs is 1. The molecule has 0 saturated heterocycles. The second-order valence-electron chi connectivity index (χ2n) is 6.68. The first-order chi connectivity index (χ1) is 14.5. The van der Waals surface area contributed by atoms with Gasteiger partial charge in [-0.05, 0) is 29.8 Å². The number of anilines is 3. The van der Waals surface area contributed by atoms with Crippen LogP contribution in [-0.2, 0) is 13.1 Å². The fourth-order valence-electron chi connectivity index (χ4n) is 3.39. The van der Waals surface area contributed by atoms with Crippen LogP contribution < -0.4 is 20.7 Å². The van der Waals surface area contributed by atoms with E-state index in [1.54, 1.807) is 19.2 Å². The minimum atomic E-state index is -0.654. The van der Waals surface area contributed by atoms with E-state index in [0.717, 1.165) is 16.9 Å². The predicted octanol–water partition coefficient (Wildman–Crippen LogP) is 2.86. The van der Waals surface area contributed by atoms with Crippen molar-refractivity contribution in [3.63, 3.8) is 0 Å². The lowest BCUT2D eigenvalue weighted by atomic mass is 10.1. The Hall–Kier alpha value is -4.19. The number of nitrogens with one attached hydrogen (secondary N) is 1. The van der Waals surface area contributed by atoms with Gasteiger partial charge in [0.2, 0.25) is 5.95 Å². The van der Waals surface area contributed by atoms with Gasteiger partial charge in [-0.15, -0.1) is 0 Å². The third-order valence-corrected chi connectivity index (χ3v) is 4.84. The number of nitriles is 1. The monoisotopic (exact) mass is 404 g/mol. The molecule has 0 bridgehead atoms. The molecule has 8 nitrogen and oxygen atoms in total. The summed E-state index contributed by atoms with van der Waals surface area (Å²) in [4.78, 5) is 22.4. The van der Waals surface area contributed by atoms with Gasteiger partial charge in [0.15, 0.2) is 0 Å². The largest absolute Gasteiger partial charge is 0.496 e. The van der Waals surface area contributed by atoms with Crippen molar-refractivity contribution in [2.24, 2.45) is 5.73 Å².